The van der Waals surface area contributed by atoms with Crippen LogP contribution in [-0.4, -0.2) is 15.9 Å². The molecule has 0 fully saturated rings. The molecule has 1 heterocycles. The van der Waals surface area contributed by atoms with E-state index >= 15 is 0 Å². The van der Waals surface area contributed by atoms with Crippen molar-refractivity contribution in [1.82, 2.24) is 9.97 Å². The highest BCUT2D eigenvalue weighted by atomic mass is 79.9. The number of rotatable bonds is 4. The van der Waals surface area contributed by atoms with Crippen molar-refractivity contribution in [2.45, 2.75) is 0 Å². The first-order valence-corrected chi connectivity index (χ1v) is 7.82. The molecule has 0 saturated carbocycles. The molecule has 2 N–H and O–H groups in total. The van der Waals surface area contributed by atoms with Gasteiger partial charge in [-0.15, -0.1) is 0 Å². The number of nitrogens with zero attached hydrogens (tertiary/aromatic N) is 2. The molecular weight excluding hydrogens is 375 g/mol. The lowest BCUT2D eigenvalue weighted by molar-refractivity contribution is 0.102. The Morgan fingerprint density at radius 2 is 1.58 bits per heavy atom. The van der Waals surface area contributed by atoms with Crippen molar-refractivity contribution in [3.05, 3.63) is 76.8 Å². The molecule has 0 aliphatic rings. The summed E-state index contributed by atoms with van der Waals surface area (Å²) >= 11 is 3.36. The number of carbonyl (C=O) groups excluding carboxylic acids is 1. The van der Waals surface area contributed by atoms with Crippen LogP contribution in [0.3, 0.4) is 0 Å². The van der Waals surface area contributed by atoms with E-state index in [1.54, 1.807) is 24.3 Å². The Morgan fingerprint density at radius 1 is 0.958 bits per heavy atom. The molecule has 120 valence electrons. The first-order valence-electron chi connectivity index (χ1n) is 7.03. The van der Waals surface area contributed by atoms with Gasteiger partial charge in [0.15, 0.2) is 0 Å². The zero-order chi connectivity index (χ0) is 16.9. The number of hydrogen-bond acceptors (Lipinski definition) is 4. The molecule has 0 aliphatic heterocycles. The Labute approximate surface area is 146 Å². The zero-order valence-corrected chi connectivity index (χ0v) is 13.9. The smallest absolute Gasteiger partial charge is 0.258 e. The quantitative estimate of drug-likeness (QED) is 0.698. The summed E-state index contributed by atoms with van der Waals surface area (Å²) in [5.74, 6) is -0.534. The topological polar surface area (TPSA) is 66.9 Å². The van der Waals surface area contributed by atoms with Crippen molar-refractivity contribution in [3.63, 3.8) is 0 Å². The maximum absolute atomic E-state index is 13.6. The van der Waals surface area contributed by atoms with E-state index in [1.807, 2.05) is 18.2 Å². The molecule has 24 heavy (non-hydrogen) atoms. The second-order valence-electron chi connectivity index (χ2n) is 4.83. The van der Waals surface area contributed by atoms with Crippen LogP contribution in [0.1, 0.15) is 10.4 Å². The van der Waals surface area contributed by atoms with E-state index in [0.29, 0.717) is 11.3 Å². The van der Waals surface area contributed by atoms with Gasteiger partial charge >= 0.3 is 0 Å². The minimum absolute atomic E-state index is 0.206. The average Bonchev–Trinajstić information content (AvgIpc) is 2.59. The lowest BCUT2D eigenvalue weighted by atomic mass is 10.3. The van der Waals surface area contributed by atoms with Gasteiger partial charge in [-0.2, -0.15) is 0 Å². The molecule has 7 heteroatoms. The maximum atomic E-state index is 13.6. The summed E-state index contributed by atoms with van der Waals surface area (Å²) in [4.78, 5) is 20.3. The van der Waals surface area contributed by atoms with Gasteiger partial charge in [0, 0.05) is 16.9 Å². The molecule has 0 radical (unpaired) electrons. The molecule has 0 atom stereocenters. The van der Waals surface area contributed by atoms with E-state index in [0.717, 1.165) is 4.47 Å². The molecule has 3 aromatic rings. The lowest BCUT2D eigenvalue weighted by Crippen LogP contribution is -2.13. The number of hydrogen-bond donors (Lipinski definition) is 2. The molecule has 1 aromatic heterocycles. The molecule has 0 spiro atoms. The van der Waals surface area contributed by atoms with Crippen LogP contribution < -0.4 is 10.6 Å². The number of nitrogens with one attached hydrogen (secondary N) is 2. The number of amides is 1. The van der Waals surface area contributed by atoms with Crippen molar-refractivity contribution in [2.75, 3.05) is 10.6 Å². The fraction of sp³-hybridized carbons (Fsp3) is 0. The van der Waals surface area contributed by atoms with Crippen molar-refractivity contribution in [1.29, 1.82) is 0 Å². The summed E-state index contributed by atoms with van der Waals surface area (Å²) in [7, 11) is 0. The van der Waals surface area contributed by atoms with E-state index in [9.17, 15) is 9.18 Å². The van der Waals surface area contributed by atoms with E-state index in [4.69, 9.17) is 0 Å². The molecule has 0 aliphatic carbocycles. The molecule has 0 unspecified atom stereocenters. The van der Waals surface area contributed by atoms with Crippen LogP contribution >= 0.6 is 15.9 Å². The fourth-order valence-electron chi connectivity index (χ4n) is 1.95. The van der Waals surface area contributed by atoms with Crippen molar-refractivity contribution >= 4 is 39.2 Å². The summed E-state index contributed by atoms with van der Waals surface area (Å²) < 4.78 is 14.4. The number of benzene rings is 2. The fourth-order valence-corrected chi connectivity index (χ4v) is 2.33. The van der Waals surface area contributed by atoms with Crippen LogP contribution in [0.2, 0.25) is 0 Å². The van der Waals surface area contributed by atoms with Gasteiger partial charge in [0.25, 0.3) is 5.91 Å². The van der Waals surface area contributed by atoms with Crippen molar-refractivity contribution in [3.8, 4) is 0 Å². The van der Waals surface area contributed by atoms with Gasteiger partial charge in [-0.05, 0) is 40.2 Å². The number of aromatic nitrogens is 2. The van der Waals surface area contributed by atoms with Crippen LogP contribution in [0.15, 0.2) is 65.4 Å². The summed E-state index contributed by atoms with van der Waals surface area (Å²) in [5.41, 5.74) is 1.21. The van der Waals surface area contributed by atoms with Gasteiger partial charge in [-0.25, -0.2) is 14.4 Å². The normalized spacial score (nSPS) is 10.2. The Balaban J connectivity index is 1.71. The summed E-state index contributed by atoms with van der Waals surface area (Å²) in [6.45, 7) is 0. The van der Waals surface area contributed by atoms with E-state index in [2.05, 4.69) is 36.5 Å². The molecule has 5 nitrogen and oxygen atoms in total. The average molecular weight is 387 g/mol. The molecule has 2 aromatic carbocycles. The predicted octanol–water partition coefficient (Wildman–Crippen LogP) is 4.37. The highest BCUT2D eigenvalue weighted by Crippen LogP contribution is 2.22. The van der Waals surface area contributed by atoms with Gasteiger partial charge in [-0.3, -0.25) is 4.79 Å². The van der Waals surface area contributed by atoms with Gasteiger partial charge < -0.3 is 10.6 Å². The summed E-state index contributed by atoms with van der Waals surface area (Å²) in [6, 6.07) is 13.5. The van der Waals surface area contributed by atoms with E-state index < -0.39 is 5.82 Å². The molecule has 3 rings (SSSR count). The van der Waals surface area contributed by atoms with Gasteiger partial charge in [-0.1, -0.05) is 24.3 Å². The van der Waals surface area contributed by atoms with E-state index in [1.165, 1.54) is 18.5 Å². The highest BCUT2D eigenvalue weighted by Gasteiger charge is 2.10. The maximum Gasteiger partial charge on any atom is 0.258 e. The van der Waals surface area contributed by atoms with Gasteiger partial charge in [0.2, 0.25) is 5.95 Å². The number of para-hydroxylation sites is 2. The first kappa shape index (κ1) is 16.1. The van der Waals surface area contributed by atoms with Gasteiger partial charge in [0.1, 0.15) is 5.82 Å². The summed E-state index contributed by atoms with van der Waals surface area (Å²) in [6.07, 6.45) is 2.75. The standard InChI is InChI=1S/C17H12BrFN4O/c18-12-5-1-3-7-14(12)22-16(24)11-9-20-17(21-10-11)23-15-8-4-2-6-13(15)19/h1-10H,(H,22,24)(H,20,21,23). The van der Waals surface area contributed by atoms with Gasteiger partial charge in [0.05, 0.1) is 16.9 Å². The third kappa shape index (κ3) is 3.75. The zero-order valence-electron chi connectivity index (χ0n) is 12.3. The second-order valence-corrected chi connectivity index (χ2v) is 5.69. The largest absolute Gasteiger partial charge is 0.322 e. The number of carbonyl (C=O) groups is 1. The molecule has 0 bridgehead atoms. The van der Waals surface area contributed by atoms with E-state index in [-0.39, 0.29) is 17.5 Å². The predicted molar refractivity (Wildman–Crippen MR) is 93.8 cm³/mol. The van der Waals surface area contributed by atoms with Crippen molar-refractivity contribution in [2.24, 2.45) is 0 Å². The Kier molecular flexibility index (Phi) is 4.81. The van der Waals surface area contributed by atoms with Crippen LogP contribution in [-0.2, 0) is 0 Å². The SMILES string of the molecule is O=C(Nc1ccccc1Br)c1cnc(Nc2ccccc2F)nc1. The third-order valence-corrected chi connectivity index (χ3v) is 3.85. The van der Waals surface area contributed by atoms with Crippen LogP contribution in [0.25, 0.3) is 0 Å². The summed E-state index contributed by atoms with van der Waals surface area (Å²) in [5, 5.41) is 5.52. The minimum Gasteiger partial charge on any atom is -0.322 e. The highest BCUT2D eigenvalue weighted by molar-refractivity contribution is 9.10. The Morgan fingerprint density at radius 3 is 2.25 bits per heavy atom. The molecule has 0 saturated heterocycles. The second kappa shape index (κ2) is 7.18. The van der Waals surface area contributed by atoms with Crippen LogP contribution in [0.5, 0.6) is 0 Å². The van der Waals surface area contributed by atoms with Crippen molar-refractivity contribution < 1.29 is 9.18 Å². The van der Waals surface area contributed by atoms with Crippen LogP contribution in [0, 0.1) is 5.82 Å². The monoisotopic (exact) mass is 386 g/mol. The Bertz CT molecular complexity index is 870. The molecule has 1 amide bonds. The molecular formula is C17H12BrFN4O. The van der Waals surface area contributed by atoms with Crippen LogP contribution in [0.4, 0.5) is 21.7 Å². The minimum atomic E-state index is -0.406. The number of anilines is 3. The Hall–Kier alpha value is -2.80. The number of halogens is 2. The lowest BCUT2D eigenvalue weighted by Gasteiger charge is -2.08. The first-order chi connectivity index (χ1) is 11.6. The third-order valence-electron chi connectivity index (χ3n) is 3.16.